The lowest BCUT2D eigenvalue weighted by atomic mass is 9.77. The van der Waals surface area contributed by atoms with Crippen LogP contribution in [0.4, 0.5) is 0 Å². The van der Waals surface area contributed by atoms with E-state index >= 15 is 0 Å². The fourth-order valence-corrected chi connectivity index (χ4v) is 6.38. The van der Waals surface area contributed by atoms with Crippen molar-refractivity contribution in [3.8, 4) is 11.1 Å². The minimum absolute atomic E-state index is 0.0919. The molecule has 0 saturated heterocycles. The van der Waals surface area contributed by atoms with E-state index in [4.69, 9.17) is 4.74 Å². The maximum atomic E-state index is 12.7. The van der Waals surface area contributed by atoms with Gasteiger partial charge in [-0.25, -0.2) is 4.79 Å². The van der Waals surface area contributed by atoms with E-state index in [0.29, 0.717) is 5.56 Å². The standard InChI is InChI=1S/C33H46O2/c1-3-5-6-8-26-9-13-27(14-10-26)28-15-17-29(18-16-28)30-19-21-31(22-20-30)33(34)35-32-23-11-25(7-4-2)12-24-32/h15-22,25-27,32H,3-14,23-24H2,1-2H3. The van der Waals surface area contributed by atoms with Gasteiger partial charge in [0.25, 0.3) is 0 Å². The summed E-state index contributed by atoms with van der Waals surface area (Å²) in [6.07, 6.45) is 18.1. The molecule has 0 radical (unpaired) electrons. The van der Waals surface area contributed by atoms with E-state index in [-0.39, 0.29) is 12.1 Å². The molecule has 0 N–H and O–H groups in total. The Bertz CT molecular complexity index is 882. The molecule has 2 aromatic carbocycles. The number of carbonyl (C=O) groups excluding carboxylic acids is 1. The van der Waals surface area contributed by atoms with Crippen molar-refractivity contribution in [2.24, 2.45) is 11.8 Å². The third-order valence-electron chi connectivity index (χ3n) is 8.66. The van der Waals surface area contributed by atoms with Crippen LogP contribution in [0.25, 0.3) is 11.1 Å². The molecule has 0 atom stereocenters. The molecule has 2 aromatic rings. The van der Waals surface area contributed by atoms with Gasteiger partial charge < -0.3 is 4.74 Å². The molecule has 2 saturated carbocycles. The highest BCUT2D eigenvalue weighted by molar-refractivity contribution is 5.90. The average molecular weight is 475 g/mol. The second-order valence-electron chi connectivity index (χ2n) is 11.2. The van der Waals surface area contributed by atoms with Crippen molar-refractivity contribution in [2.45, 2.75) is 116 Å². The van der Waals surface area contributed by atoms with Crippen molar-refractivity contribution in [1.82, 2.24) is 0 Å². The molecule has 2 fully saturated rings. The molecule has 2 nitrogen and oxygen atoms in total. The van der Waals surface area contributed by atoms with Crippen molar-refractivity contribution in [1.29, 1.82) is 0 Å². The number of rotatable bonds is 10. The van der Waals surface area contributed by atoms with Crippen LogP contribution in [0.1, 0.15) is 126 Å². The quantitative estimate of drug-likeness (QED) is 0.253. The summed E-state index contributed by atoms with van der Waals surface area (Å²) < 4.78 is 5.83. The van der Waals surface area contributed by atoms with Gasteiger partial charge in [-0.1, -0.05) is 88.8 Å². The number of hydrogen-bond donors (Lipinski definition) is 0. The Morgan fingerprint density at radius 2 is 1.26 bits per heavy atom. The van der Waals surface area contributed by atoms with Crippen molar-refractivity contribution in [3.63, 3.8) is 0 Å². The van der Waals surface area contributed by atoms with Gasteiger partial charge in [-0.2, -0.15) is 0 Å². The Labute approximate surface area is 213 Å². The molecule has 0 bridgehead atoms. The van der Waals surface area contributed by atoms with E-state index in [2.05, 4.69) is 50.2 Å². The zero-order valence-corrected chi connectivity index (χ0v) is 22.1. The summed E-state index contributed by atoms with van der Waals surface area (Å²) in [4.78, 5) is 12.7. The monoisotopic (exact) mass is 474 g/mol. The SMILES string of the molecule is CCCCCC1CCC(c2ccc(-c3ccc(C(=O)OC4CCC(CCC)CC4)cc3)cc2)CC1. The van der Waals surface area contributed by atoms with Gasteiger partial charge in [0.05, 0.1) is 5.56 Å². The first-order chi connectivity index (χ1) is 17.2. The fourth-order valence-electron chi connectivity index (χ4n) is 6.38. The second kappa shape index (κ2) is 13.3. The molecule has 2 aliphatic rings. The summed E-state index contributed by atoms with van der Waals surface area (Å²) in [6, 6.07) is 17.1. The molecule has 2 heteroatoms. The predicted octanol–water partition coefficient (Wildman–Crippen LogP) is 9.72. The molecular weight excluding hydrogens is 428 g/mol. The number of hydrogen-bond acceptors (Lipinski definition) is 2. The van der Waals surface area contributed by atoms with Crippen LogP contribution in [0.3, 0.4) is 0 Å². The van der Waals surface area contributed by atoms with Crippen molar-refractivity contribution >= 4 is 5.97 Å². The Kier molecular flexibility index (Phi) is 9.86. The van der Waals surface area contributed by atoms with Crippen LogP contribution in [-0.2, 0) is 4.74 Å². The number of ether oxygens (including phenoxy) is 1. The van der Waals surface area contributed by atoms with Crippen LogP contribution in [0.15, 0.2) is 48.5 Å². The molecular formula is C33H46O2. The van der Waals surface area contributed by atoms with Crippen molar-refractivity contribution in [2.75, 3.05) is 0 Å². The van der Waals surface area contributed by atoms with Gasteiger partial charge >= 0.3 is 5.97 Å². The number of esters is 1. The highest BCUT2D eigenvalue weighted by Gasteiger charge is 2.24. The topological polar surface area (TPSA) is 26.3 Å². The molecule has 0 spiro atoms. The normalized spacial score (nSPS) is 24.7. The van der Waals surface area contributed by atoms with E-state index < -0.39 is 0 Å². The van der Waals surface area contributed by atoms with Crippen LogP contribution >= 0.6 is 0 Å². The summed E-state index contributed by atoms with van der Waals surface area (Å²) in [5.74, 6) is 2.33. The van der Waals surface area contributed by atoms with Gasteiger partial charge in [0, 0.05) is 0 Å². The Balaban J connectivity index is 1.26. The maximum Gasteiger partial charge on any atom is 0.338 e. The van der Waals surface area contributed by atoms with Gasteiger partial charge in [-0.3, -0.25) is 0 Å². The summed E-state index contributed by atoms with van der Waals surface area (Å²) in [6.45, 7) is 4.55. The second-order valence-corrected chi connectivity index (χ2v) is 11.2. The van der Waals surface area contributed by atoms with E-state index in [9.17, 15) is 4.79 Å². The van der Waals surface area contributed by atoms with E-state index in [1.165, 1.54) is 88.2 Å². The largest absolute Gasteiger partial charge is 0.459 e. The van der Waals surface area contributed by atoms with E-state index in [0.717, 1.165) is 36.2 Å². The first-order valence-corrected chi connectivity index (χ1v) is 14.6. The van der Waals surface area contributed by atoms with E-state index in [1.54, 1.807) is 0 Å². The molecule has 0 heterocycles. The molecule has 35 heavy (non-hydrogen) atoms. The predicted molar refractivity (Wildman–Crippen MR) is 147 cm³/mol. The van der Waals surface area contributed by atoms with Gasteiger partial charge in [0.15, 0.2) is 0 Å². The van der Waals surface area contributed by atoms with Crippen LogP contribution in [0.5, 0.6) is 0 Å². The minimum Gasteiger partial charge on any atom is -0.459 e. The molecule has 0 aromatic heterocycles. The number of carbonyl (C=O) groups is 1. The molecule has 0 aliphatic heterocycles. The van der Waals surface area contributed by atoms with E-state index in [1.807, 2.05) is 12.1 Å². The lowest BCUT2D eigenvalue weighted by molar-refractivity contribution is 0.0161. The first-order valence-electron chi connectivity index (χ1n) is 14.6. The first kappa shape index (κ1) is 26.0. The van der Waals surface area contributed by atoms with Crippen LogP contribution < -0.4 is 0 Å². The molecule has 0 unspecified atom stereocenters. The van der Waals surface area contributed by atoms with Crippen LogP contribution in [0.2, 0.25) is 0 Å². The lowest BCUT2D eigenvalue weighted by Crippen LogP contribution is -2.24. The fraction of sp³-hybridized carbons (Fsp3) is 0.606. The Hall–Kier alpha value is -2.09. The van der Waals surface area contributed by atoms with Crippen LogP contribution in [-0.4, -0.2) is 12.1 Å². The van der Waals surface area contributed by atoms with Gasteiger partial charge in [-0.05, 0) is 97.9 Å². The minimum atomic E-state index is -0.170. The van der Waals surface area contributed by atoms with Crippen LogP contribution in [0, 0.1) is 11.8 Å². The van der Waals surface area contributed by atoms with Gasteiger partial charge in [0.1, 0.15) is 6.10 Å². The zero-order valence-electron chi connectivity index (χ0n) is 22.1. The molecule has 4 rings (SSSR count). The summed E-state index contributed by atoms with van der Waals surface area (Å²) in [5, 5.41) is 0. The highest BCUT2D eigenvalue weighted by atomic mass is 16.5. The van der Waals surface area contributed by atoms with Gasteiger partial charge in [0.2, 0.25) is 0 Å². The average Bonchev–Trinajstić information content (AvgIpc) is 2.91. The lowest BCUT2D eigenvalue weighted by Gasteiger charge is -2.29. The molecule has 2 aliphatic carbocycles. The Morgan fingerprint density at radius 3 is 1.86 bits per heavy atom. The van der Waals surface area contributed by atoms with Gasteiger partial charge in [-0.15, -0.1) is 0 Å². The maximum absolute atomic E-state index is 12.7. The Morgan fingerprint density at radius 1 is 0.686 bits per heavy atom. The highest BCUT2D eigenvalue weighted by Crippen LogP contribution is 2.38. The molecule has 0 amide bonds. The third kappa shape index (κ3) is 7.45. The van der Waals surface area contributed by atoms with Crippen molar-refractivity contribution < 1.29 is 9.53 Å². The van der Waals surface area contributed by atoms with Crippen molar-refractivity contribution in [3.05, 3.63) is 59.7 Å². The zero-order chi connectivity index (χ0) is 24.5. The summed E-state index contributed by atoms with van der Waals surface area (Å²) in [7, 11) is 0. The smallest absolute Gasteiger partial charge is 0.338 e. The summed E-state index contributed by atoms with van der Waals surface area (Å²) >= 11 is 0. The number of unbranched alkanes of at least 4 members (excludes halogenated alkanes) is 2. The molecule has 190 valence electrons. The number of benzene rings is 2. The summed E-state index contributed by atoms with van der Waals surface area (Å²) in [5.41, 5.74) is 4.54. The third-order valence-corrected chi connectivity index (χ3v) is 8.66.